The van der Waals surface area contributed by atoms with Gasteiger partial charge in [-0.05, 0) is 24.8 Å². The first kappa shape index (κ1) is 11.1. The zero-order valence-electron chi connectivity index (χ0n) is 8.66. The van der Waals surface area contributed by atoms with Crippen molar-refractivity contribution in [2.45, 2.75) is 13.3 Å². The Bertz CT molecular complexity index is 334. The van der Waals surface area contributed by atoms with Crippen molar-refractivity contribution >= 4 is 16.9 Å². The lowest BCUT2D eigenvalue weighted by Gasteiger charge is -2.07. The van der Waals surface area contributed by atoms with Crippen LogP contribution in [0.4, 0.5) is 0 Å². The Kier molecular flexibility index (Phi) is 4.01. The highest BCUT2D eigenvalue weighted by atomic mass is 32.2. The molecule has 2 nitrogen and oxygen atoms in total. The van der Waals surface area contributed by atoms with Crippen molar-refractivity contribution in [3.8, 4) is 5.75 Å². The number of carbonyl (C=O) groups is 1. The van der Waals surface area contributed by atoms with Gasteiger partial charge in [-0.1, -0.05) is 23.9 Å². The van der Waals surface area contributed by atoms with Crippen molar-refractivity contribution in [3.63, 3.8) is 0 Å². The number of hydrogen-bond donors (Lipinski definition) is 0. The van der Waals surface area contributed by atoms with Gasteiger partial charge in [0.15, 0.2) is 5.12 Å². The van der Waals surface area contributed by atoms with Crippen LogP contribution in [-0.2, 0) is 11.2 Å². The molecule has 0 amide bonds. The van der Waals surface area contributed by atoms with E-state index in [1.54, 1.807) is 13.4 Å². The number of rotatable bonds is 3. The molecule has 0 heterocycles. The summed E-state index contributed by atoms with van der Waals surface area (Å²) >= 11 is 1.25. The molecule has 0 atom stereocenters. The summed E-state index contributed by atoms with van der Waals surface area (Å²) in [5.74, 6) is 0.799. The monoisotopic (exact) mass is 210 g/mol. The van der Waals surface area contributed by atoms with Gasteiger partial charge in [-0.25, -0.2) is 0 Å². The van der Waals surface area contributed by atoms with Gasteiger partial charge >= 0.3 is 0 Å². The first-order valence-electron chi connectivity index (χ1n) is 4.37. The van der Waals surface area contributed by atoms with Crippen LogP contribution in [0.2, 0.25) is 0 Å². The van der Waals surface area contributed by atoms with Crippen molar-refractivity contribution in [1.82, 2.24) is 0 Å². The standard InChI is InChI=1S/C11H14O2S/c1-8-4-5-9(7-11(12)14-3)10(6-8)13-2/h4-6H,7H2,1-3H3. The lowest BCUT2D eigenvalue weighted by atomic mass is 10.1. The SMILES string of the molecule is COc1cc(C)ccc1CC(=O)SC. The number of aryl methyl sites for hydroxylation is 1. The quantitative estimate of drug-likeness (QED) is 0.766. The molecule has 0 spiro atoms. The van der Waals surface area contributed by atoms with Crippen LogP contribution in [0.3, 0.4) is 0 Å². The van der Waals surface area contributed by atoms with E-state index in [1.165, 1.54) is 11.8 Å². The minimum atomic E-state index is 0.159. The largest absolute Gasteiger partial charge is 0.496 e. The van der Waals surface area contributed by atoms with Gasteiger partial charge in [0, 0.05) is 12.0 Å². The van der Waals surface area contributed by atoms with E-state index in [1.807, 2.05) is 25.1 Å². The van der Waals surface area contributed by atoms with E-state index < -0.39 is 0 Å². The number of hydrogen-bond acceptors (Lipinski definition) is 3. The Balaban J connectivity index is 2.90. The van der Waals surface area contributed by atoms with E-state index in [-0.39, 0.29) is 5.12 Å². The first-order chi connectivity index (χ1) is 6.67. The van der Waals surface area contributed by atoms with Crippen molar-refractivity contribution in [1.29, 1.82) is 0 Å². The summed E-state index contributed by atoms with van der Waals surface area (Å²) in [6, 6.07) is 5.89. The molecule has 14 heavy (non-hydrogen) atoms. The summed E-state index contributed by atoms with van der Waals surface area (Å²) < 4.78 is 5.21. The summed E-state index contributed by atoms with van der Waals surface area (Å²) in [5.41, 5.74) is 2.10. The first-order valence-corrected chi connectivity index (χ1v) is 5.60. The Morgan fingerprint density at radius 2 is 2.21 bits per heavy atom. The normalized spacial score (nSPS) is 9.93. The summed E-state index contributed by atoms with van der Waals surface area (Å²) in [4.78, 5) is 11.2. The average Bonchev–Trinajstić information content (AvgIpc) is 2.20. The summed E-state index contributed by atoms with van der Waals surface area (Å²) in [6.45, 7) is 2.00. The molecule has 76 valence electrons. The lowest BCUT2D eigenvalue weighted by molar-refractivity contribution is -0.110. The van der Waals surface area contributed by atoms with E-state index in [2.05, 4.69) is 0 Å². The molecule has 0 radical (unpaired) electrons. The molecule has 0 saturated carbocycles. The Labute approximate surface area is 88.7 Å². The molecule has 0 saturated heterocycles. The van der Waals surface area contributed by atoms with Gasteiger partial charge in [-0.3, -0.25) is 4.79 Å². The van der Waals surface area contributed by atoms with Gasteiger partial charge in [-0.2, -0.15) is 0 Å². The molecule has 0 fully saturated rings. The third-order valence-electron chi connectivity index (χ3n) is 2.01. The van der Waals surface area contributed by atoms with Crippen LogP contribution >= 0.6 is 11.8 Å². The van der Waals surface area contributed by atoms with Crippen LogP contribution < -0.4 is 4.74 Å². The molecular formula is C11H14O2S. The average molecular weight is 210 g/mol. The fourth-order valence-corrected chi connectivity index (χ4v) is 1.53. The Morgan fingerprint density at radius 3 is 2.79 bits per heavy atom. The van der Waals surface area contributed by atoms with Gasteiger partial charge in [-0.15, -0.1) is 0 Å². The van der Waals surface area contributed by atoms with E-state index in [4.69, 9.17) is 4.74 Å². The zero-order chi connectivity index (χ0) is 10.6. The smallest absolute Gasteiger partial charge is 0.193 e. The van der Waals surface area contributed by atoms with Crippen LogP contribution in [0.5, 0.6) is 5.75 Å². The van der Waals surface area contributed by atoms with E-state index >= 15 is 0 Å². The molecule has 0 unspecified atom stereocenters. The van der Waals surface area contributed by atoms with Crippen LogP contribution in [0.25, 0.3) is 0 Å². The highest BCUT2D eigenvalue weighted by Crippen LogP contribution is 2.21. The van der Waals surface area contributed by atoms with Crippen LogP contribution in [0.1, 0.15) is 11.1 Å². The zero-order valence-corrected chi connectivity index (χ0v) is 9.48. The molecule has 3 heteroatoms. The van der Waals surface area contributed by atoms with Gasteiger partial charge < -0.3 is 4.74 Å². The van der Waals surface area contributed by atoms with Crippen molar-refractivity contribution in [2.24, 2.45) is 0 Å². The molecule has 0 aliphatic rings. The van der Waals surface area contributed by atoms with Crippen molar-refractivity contribution in [3.05, 3.63) is 29.3 Å². The predicted molar refractivity (Wildman–Crippen MR) is 60.0 cm³/mol. The molecule has 0 aliphatic heterocycles. The van der Waals surface area contributed by atoms with Crippen LogP contribution in [-0.4, -0.2) is 18.5 Å². The van der Waals surface area contributed by atoms with E-state index in [9.17, 15) is 4.79 Å². The lowest BCUT2D eigenvalue weighted by Crippen LogP contribution is -1.99. The highest BCUT2D eigenvalue weighted by molar-refractivity contribution is 8.13. The Morgan fingerprint density at radius 1 is 1.50 bits per heavy atom. The summed E-state index contributed by atoms with van der Waals surface area (Å²) in [6.07, 6.45) is 2.23. The second-order valence-corrected chi connectivity index (χ2v) is 3.93. The maximum atomic E-state index is 11.2. The maximum Gasteiger partial charge on any atom is 0.193 e. The van der Waals surface area contributed by atoms with Crippen molar-refractivity contribution < 1.29 is 9.53 Å². The predicted octanol–water partition coefficient (Wildman–Crippen LogP) is 2.44. The molecule has 0 bridgehead atoms. The Hall–Kier alpha value is -0.960. The number of carbonyl (C=O) groups excluding carboxylic acids is 1. The third-order valence-corrected chi connectivity index (χ3v) is 2.60. The molecule has 1 aromatic rings. The minimum absolute atomic E-state index is 0.159. The number of ether oxygens (including phenoxy) is 1. The van der Waals surface area contributed by atoms with Gasteiger partial charge in [0.2, 0.25) is 0 Å². The second-order valence-electron chi connectivity index (χ2n) is 3.07. The molecule has 0 N–H and O–H groups in total. The molecule has 1 aromatic carbocycles. The van der Waals surface area contributed by atoms with Crippen molar-refractivity contribution in [2.75, 3.05) is 13.4 Å². The van der Waals surface area contributed by atoms with Gasteiger partial charge in [0.1, 0.15) is 5.75 Å². The summed E-state index contributed by atoms with van der Waals surface area (Å²) in [5, 5.41) is 0.159. The second kappa shape index (κ2) is 5.05. The van der Waals surface area contributed by atoms with Gasteiger partial charge in [0.25, 0.3) is 0 Å². The van der Waals surface area contributed by atoms with E-state index in [0.717, 1.165) is 16.9 Å². The fourth-order valence-electron chi connectivity index (χ4n) is 1.23. The molecule has 0 aromatic heterocycles. The summed E-state index contributed by atoms with van der Waals surface area (Å²) in [7, 11) is 1.63. The van der Waals surface area contributed by atoms with Crippen LogP contribution in [0.15, 0.2) is 18.2 Å². The number of thioether (sulfide) groups is 1. The number of benzene rings is 1. The fraction of sp³-hybridized carbons (Fsp3) is 0.364. The van der Waals surface area contributed by atoms with Gasteiger partial charge in [0.05, 0.1) is 7.11 Å². The third kappa shape index (κ3) is 2.77. The molecular weight excluding hydrogens is 196 g/mol. The molecule has 1 rings (SSSR count). The number of methoxy groups -OCH3 is 1. The topological polar surface area (TPSA) is 26.3 Å². The minimum Gasteiger partial charge on any atom is -0.496 e. The maximum absolute atomic E-state index is 11.2. The van der Waals surface area contributed by atoms with E-state index in [0.29, 0.717) is 6.42 Å². The molecule has 0 aliphatic carbocycles. The highest BCUT2D eigenvalue weighted by Gasteiger charge is 2.07. The van der Waals surface area contributed by atoms with Crippen LogP contribution in [0, 0.1) is 6.92 Å².